The number of nitrogens with one attached hydrogen (secondary N) is 1. The number of hydrogen-bond acceptors (Lipinski definition) is 5. The van der Waals surface area contributed by atoms with E-state index in [9.17, 15) is 18.0 Å². The minimum atomic E-state index is -4.17. The Hall–Kier alpha value is -3.07. The third-order valence-electron chi connectivity index (χ3n) is 4.40. The lowest BCUT2D eigenvalue weighted by atomic mass is 10.2. The molecule has 8 nitrogen and oxygen atoms in total. The van der Waals surface area contributed by atoms with Gasteiger partial charge in [0.2, 0.25) is 5.91 Å². The number of carbonyl (C=O) groups excluding carboxylic acids is 1. The average molecular weight is 417 g/mol. The van der Waals surface area contributed by atoms with Gasteiger partial charge in [-0.3, -0.25) is 9.36 Å². The zero-order valence-corrected chi connectivity index (χ0v) is 17.3. The summed E-state index contributed by atoms with van der Waals surface area (Å²) >= 11 is 0. The van der Waals surface area contributed by atoms with Crippen LogP contribution in [0.25, 0.3) is 11.0 Å². The molecule has 1 aromatic heterocycles. The van der Waals surface area contributed by atoms with Crippen LogP contribution in [0.5, 0.6) is 5.75 Å². The van der Waals surface area contributed by atoms with E-state index in [4.69, 9.17) is 4.74 Å². The molecule has 0 atom stereocenters. The fraction of sp³-hybridized carbons (Fsp3) is 0.300. The molecule has 0 aliphatic rings. The number of ether oxygens (including phenoxy) is 1. The molecule has 0 saturated carbocycles. The van der Waals surface area contributed by atoms with Crippen molar-refractivity contribution in [2.45, 2.75) is 25.3 Å². The maximum Gasteiger partial charge on any atom is 0.343 e. The highest BCUT2D eigenvalue weighted by molar-refractivity contribution is 7.90. The summed E-state index contributed by atoms with van der Waals surface area (Å²) in [6.07, 6.45) is 0. The Labute approximate surface area is 168 Å². The van der Waals surface area contributed by atoms with Crippen LogP contribution < -0.4 is 15.7 Å². The minimum absolute atomic E-state index is 0.0486. The molecule has 0 bridgehead atoms. The highest BCUT2D eigenvalue weighted by atomic mass is 32.2. The summed E-state index contributed by atoms with van der Waals surface area (Å²) < 4.78 is 33.3. The number of fused-ring (bicyclic) bond motifs is 1. The Morgan fingerprint density at radius 2 is 1.69 bits per heavy atom. The standard InChI is InChI=1S/C20H23N3O5S/c1-14(2)12-21-19(24)13-22-17-6-4-5-7-18(17)23(20(22)25)29(26,27)16-10-8-15(28-3)9-11-16/h4-11,14H,12-13H2,1-3H3,(H,21,24). The maximum absolute atomic E-state index is 13.2. The number of aromatic nitrogens is 2. The van der Waals surface area contributed by atoms with Gasteiger partial charge in [-0.2, -0.15) is 3.97 Å². The predicted octanol–water partition coefficient (Wildman–Crippen LogP) is 1.82. The lowest BCUT2D eigenvalue weighted by Crippen LogP contribution is -2.36. The van der Waals surface area contributed by atoms with Crippen LogP contribution in [0.15, 0.2) is 58.2 Å². The maximum atomic E-state index is 13.2. The van der Waals surface area contributed by atoms with E-state index < -0.39 is 15.7 Å². The fourth-order valence-corrected chi connectivity index (χ4v) is 4.34. The van der Waals surface area contributed by atoms with Crippen molar-refractivity contribution in [1.82, 2.24) is 13.9 Å². The quantitative estimate of drug-likeness (QED) is 0.632. The average Bonchev–Trinajstić information content (AvgIpc) is 2.98. The van der Waals surface area contributed by atoms with Gasteiger partial charge in [-0.1, -0.05) is 26.0 Å². The molecule has 3 aromatic rings. The van der Waals surface area contributed by atoms with Gasteiger partial charge in [0.15, 0.2) is 0 Å². The molecule has 0 aliphatic heterocycles. The summed E-state index contributed by atoms with van der Waals surface area (Å²) in [5, 5.41) is 2.74. The first-order valence-corrected chi connectivity index (χ1v) is 10.6. The SMILES string of the molecule is COc1ccc(S(=O)(=O)n2c(=O)n(CC(=O)NCC(C)C)c3ccccc32)cc1. The normalized spacial score (nSPS) is 11.7. The van der Waals surface area contributed by atoms with Crippen LogP contribution in [0.2, 0.25) is 0 Å². The monoisotopic (exact) mass is 417 g/mol. The second-order valence-corrected chi connectivity index (χ2v) is 8.79. The molecule has 9 heteroatoms. The number of methoxy groups -OCH3 is 1. The van der Waals surface area contributed by atoms with E-state index in [2.05, 4.69) is 5.32 Å². The van der Waals surface area contributed by atoms with Gasteiger partial charge in [-0.15, -0.1) is 0 Å². The molecule has 29 heavy (non-hydrogen) atoms. The van der Waals surface area contributed by atoms with Crippen molar-refractivity contribution >= 4 is 27.0 Å². The van der Waals surface area contributed by atoms with Gasteiger partial charge < -0.3 is 10.1 Å². The highest BCUT2D eigenvalue weighted by Crippen LogP contribution is 2.21. The number of rotatable bonds is 7. The van der Waals surface area contributed by atoms with E-state index in [0.29, 0.717) is 17.8 Å². The van der Waals surface area contributed by atoms with Crippen LogP contribution in [0.4, 0.5) is 0 Å². The smallest absolute Gasteiger partial charge is 0.343 e. The summed E-state index contributed by atoms with van der Waals surface area (Å²) in [5.41, 5.74) is -0.207. The molecular formula is C20H23N3O5S. The summed E-state index contributed by atoms with van der Waals surface area (Å²) in [6.45, 7) is 4.12. The van der Waals surface area contributed by atoms with Crippen molar-refractivity contribution in [3.63, 3.8) is 0 Å². The van der Waals surface area contributed by atoms with Gasteiger partial charge in [-0.05, 0) is 42.3 Å². The Morgan fingerprint density at radius 1 is 1.07 bits per heavy atom. The van der Waals surface area contributed by atoms with Gasteiger partial charge in [0, 0.05) is 6.54 Å². The molecule has 0 radical (unpaired) electrons. The van der Waals surface area contributed by atoms with Crippen LogP contribution >= 0.6 is 0 Å². The first kappa shape index (κ1) is 20.7. The molecular weight excluding hydrogens is 394 g/mol. The first-order valence-electron chi connectivity index (χ1n) is 9.12. The van der Waals surface area contributed by atoms with Crippen molar-refractivity contribution in [1.29, 1.82) is 0 Å². The Balaban J connectivity index is 2.10. The number of benzene rings is 2. The number of imidazole rings is 1. The molecule has 1 heterocycles. The second-order valence-electron chi connectivity index (χ2n) is 7.00. The third kappa shape index (κ3) is 4.04. The van der Waals surface area contributed by atoms with Gasteiger partial charge >= 0.3 is 5.69 Å². The topological polar surface area (TPSA) is 99.4 Å². The number of hydrogen-bond donors (Lipinski definition) is 1. The van der Waals surface area contributed by atoms with E-state index in [1.807, 2.05) is 13.8 Å². The van der Waals surface area contributed by atoms with Crippen LogP contribution in [-0.4, -0.2) is 36.5 Å². The van der Waals surface area contributed by atoms with Gasteiger partial charge in [0.1, 0.15) is 12.3 Å². The van der Waals surface area contributed by atoms with Crippen molar-refractivity contribution in [2.75, 3.05) is 13.7 Å². The third-order valence-corrected chi connectivity index (χ3v) is 6.10. The van der Waals surface area contributed by atoms with E-state index in [1.54, 1.807) is 24.3 Å². The van der Waals surface area contributed by atoms with Crippen molar-refractivity contribution < 1.29 is 17.9 Å². The van der Waals surface area contributed by atoms with Crippen molar-refractivity contribution in [3.05, 3.63) is 59.0 Å². The molecule has 1 amide bonds. The lowest BCUT2D eigenvalue weighted by Gasteiger charge is -2.08. The molecule has 1 N–H and O–H groups in total. The zero-order valence-electron chi connectivity index (χ0n) is 16.5. The molecule has 3 rings (SSSR count). The molecule has 0 aliphatic carbocycles. The first-order chi connectivity index (χ1) is 13.8. The molecule has 0 fully saturated rings. The van der Waals surface area contributed by atoms with Crippen molar-refractivity contribution in [2.24, 2.45) is 5.92 Å². The molecule has 0 unspecified atom stereocenters. The van der Waals surface area contributed by atoms with Crippen LogP contribution in [0, 0.1) is 5.92 Å². The van der Waals surface area contributed by atoms with E-state index in [0.717, 1.165) is 3.97 Å². The summed E-state index contributed by atoms with van der Waals surface area (Å²) in [5.74, 6) is 0.401. The van der Waals surface area contributed by atoms with Crippen LogP contribution in [0.3, 0.4) is 0 Å². The zero-order chi connectivity index (χ0) is 21.2. The second kappa shape index (κ2) is 8.12. The molecule has 0 spiro atoms. The fourth-order valence-electron chi connectivity index (χ4n) is 2.94. The van der Waals surface area contributed by atoms with Gasteiger partial charge in [0.25, 0.3) is 10.0 Å². The van der Waals surface area contributed by atoms with E-state index >= 15 is 0 Å². The molecule has 0 saturated heterocycles. The van der Waals surface area contributed by atoms with Crippen molar-refractivity contribution in [3.8, 4) is 5.75 Å². The van der Waals surface area contributed by atoms with Gasteiger partial charge in [-0.25, -0.2) is 13.2 Å². The summed E-state index contributed by atoms with van der Waals surface area (Å²) in [7, 11) is -2.69. The van der Waals surface area contributed by atoms with Crippen LogP contribution in [0.1, 0.15) is 13.8 Å². The number of nitrogens with zero attached hydrogens (tertiary/aromatic N) is 2. The highest BCUT2D eigenvalue weighted by Gasteiger charge is 2.26. The Bertz CT molecular complexity index is 1190. The Kier molecular flexibility index (Phi) is 5.78. The number of carbonyl (C=O) groups is 1. The summed E-state index contributed by atoms with van der Waals surface area (Å²) in [4.78, 5) is 25.3. The predicted molar refractivity (Wildman–Crippen MR) is 110 cm³/mol. The number of para-hydroxylation sites is 2. The van der Waals surface area contributed by atoms with E-state index in [1.165, 1.54) is 35.9 Å². The molecule has 154 valence electrons. The Morgan fingerprint density at radius 3 is 2.28 bits per heavy atom. The largest absolute Gasteiger partial charge is 0.497 e. The summed E-state index contributed by atoms with van der Waals surface area (Å²) in [6, 6.07) is 12.3. The van der Waals surface area contributed by atoms with Crippen LogP contribution in [-0.2, 0) is 21.4 Å². The number of amides is 1. The lowest BCUT2D eigenvalue weighted by molar-refractivity contribution is -0.121. The molecule has 2 aromatic carbocycles. The van der Waals surface area contributed by atoms with E-state index in [-0.39, 0.29) is 28.8 Å². The van der Waals surface area contributed by atoms with Gasteiger partial charge in [0.05, 0.1) is 23.0 Å². The minimum Gasteiger partial charge on any atom is -0.497 e.